The molecule has 2 amide bonds. The average Bonchev–Trinajstić information content (AvgIpc) is 3.12. The van der Waals surface area contributed by atoms with Crippen LogP contribution in [0.25, 0.3) is 0 Å². The zero-order valence-corrected chi connectivity index (χ0v) is 31.3. The molecule has 2 aliphatic rings. The molecule has 0 aromatic heterocycles. The fourth-order valence-corrected chi connectivity index (χ4v) is 7.22. The van der Waals surface area contributed by atoms with Crippen molar-refractivity contribution in [2.45, 2.75) is 109 Å². The van der Waals surface area contributed by atoms with E-state index in [9.17, 15) is 35.9 Å². The van der Waals surface area contributed by atoms with Crippen LogP contribution >= 0.6 is 0 Å². The second-order valence-corrected chi connectivity index (χ2v) is 15.5. The Hall–Kier alpha value is -4.14. The van der Waals surface area contributed by atoms with Gasteiger partial charge in [-0.05, 0) is 88.8 Å². The quantitative estimate of drug-likeness (QED) is 0.0760. The van der Waals surface area contributed by atoms with E-state index >= 15 is 0 Å². The molecule has 2 unspecified atom stereocenters. The largest absolute Gasteiger partial charge is 0.471 e. The maximum atomic E-state index is 14.5. The molecule has 2 fully saturated rings. The first-order chi connectivity index (χ1) is 25.2. The number of nitrogens with one attached hydrogen (secondary N) is 4. The number of hydrogen-bond donors (Lipinski definition) is 4. The molecular weight excluding hydrogens is 714 g/mol. The van der Waals surface area contributed by atoms with Crippen molar-refractivity contribution in [2.75, 3.05) is 26.2 Å². The molecule has 2 aromatic rings. The fraction of sp³-hybridized carbons (Fsp3) is 0.590. The van der Waals surface area contributed by atoms with Crippen molar-refractivity contribution in [1.29, 1.82) is 10.8 Å². The van der Waals surface area contributed by atoms with E-state index in [-0.39, 0.29) is 30.3 Å². The minimum atomic E-state index is -5.35. The van der Waals surface area contributed by atoms with Gasteiger partial charge in [-0.2, -0.15) is 26.3 Å². The number of likely N-dealkylation sites (tertiary alicyclic amines) is 1. The lowest BCUT2D eigenvalue weighted by Gasteiger charge is -2.40. The van der Waals surface area contributed by atoms with E-state index in [1.54, 1.807) is 52.0 Å². The number of rotatable bonds is 12. The van der Waals surface area contributed by atoms with Crippen molar-refractivity contribution in [3.8, 4) is 0 Å². The Morgan fingerprint density at radius 1 is 0.926 bits per heavy atom. The summed E-state index contributed by atoms with van der Waals surface area (Å²) in [5.74, 6) is -4.16. The van der Waals surface area contributed by atoms with Gasteiger partial charge in [0.25, 0.3) is 0 Å². The maximum Gasteiger partial charge on any atom is 0.471 e. The Morgan fingerprint density at radius 3 is 2.11 bits per heavy atom. The van der Waals surface area contributed by atoms with Gasteiger partial charge in [-0.25, -0.2) is 5.48 Å². The monoisotopic (exact) mass is 766 g/mol. The Kier molecular flexibility index (Phi) is 14.2. The number of amidine groups is 2. The number of hydrogen-bond acceptors (Lipinski definition) is 5. The second kappa shape index (κ2) is 18.0. The highest BCUT2D eigenvalue weighted by Crippen LogP contribution is 2.36. The predicted octanol–water partition coefficient (Wildman–Crippen LogP) is 7.84. The van der Waals surface area contributed by atoms with E-state index in [2.05, 4.69) is 10.8 Å². The number of nitrogens with zero attached hydrogens (tertiary/aromatic N) is 2. The van der Waals surface area contributed by atoms with Crippen molar-refractivity contribution >= 4 is 23.5 Å². The smallest absolute Gasteiger partial charge is 0.361 e. The zero-order chi connectivity index (χ0) is 39.8. The molecule has 4 rings (SSSR count). The van der Waals surface area contributed by atoms with Crippen LogP contribution < -0.4 is 10.8 Å². The molecule has 0 spiro atoms. The van der Waals surface area contributed by atoms with Crippen molar-refractivity contribution in [2.24, 2.45) is 11.8 Å². The van der Waals surface area contributed by atoms with Gasteiger partial charge in [-0.3, -0.25) is 25.2 Å². The van der Waals surface area contributed by atoms with Gasteiger partial charge in [-0.15, -0.1) is 0 Å². The average molecular weight is 767 g/mol. The Labute approximate surface area is 313 Å². The molecule has 0 bridgehead atoms. The molecule has 15 heteroatoms. The summed E-state index contributed by atoms with van der Waals surface area (Å²) < 4.78 is 85.3. The SMILES string of the molecule is CC(=N)N1CCC(CNC(=O)C(C2CCCCC2)N(CC(Cc2ccc(C(=N)NOC(C)(C)C)cc2)c2cccc(C(F)(F)F)c2)C(=O)C(F)(F)F)CC1. The minimum Gasteiger partial charge on any atom is -0.361 e. The molecular formula is C39H52F6N6O3. The van der Waals surface area contributed by atoms with E-state index in [0.29, 0.717) is 73.5 Å². The Bertz CT molecular complexity index is 1590. The summed E-state index contributed by atoms with van der Waals surface area (Å²) in [4.78, 5) is 35.5. The van der Waals surface area contributed by atoms with Crippen LogP contribution in [-0.2, 0) is 27.0 Å². The Balaban J connectivity index is 1.69. The molecule has 1 saturated heterocycles. The molecule has 1 aliphatic heterocycles. The summed E-state index contributed by atoms with van der Waals surface area (Å²) in [6.45, 7) is 7.83. The Morgan fingerprint density at radius 2 is 1.56 bits per heavy atom. The van der Waals surface area contributed by atoms with Crippen molar-refractivity contribution in [1.82, 2.24) is 20.6 Å². The summed E-state index contributed by atoms with van der Waals surface area (Å²) in [6.07, 6.45) is -5.80. The second-order valence-electron chi connectivity index (χ2n) is 15.5. The molecule has 1 aliphatic carbocycles. The topological polar surface area (TPSA) is 122 Å². The van der Waals surface area contributed by atoms with Crippen LogP contribution in [0.5, 0.6) is 0 Å². The number of benzene rings is 2. The minimum absolute atomic E-state index is 0.0286. The van der Waals surface area contributed by atoms with Crippen LogP contribution in [0.1, 0.15) is 101 Å². The third kappa shape index (κ3) is 12.2. The molecule has 1 heterocycles. The zero-order valence-electron chi connectivity index (χ0n) is 31.3. The molecule has 1 saturated carbocycles. The third-order valence-corrected chi connectivity index (χ3v) is 10.1. The maximum absolute atomic E-state index is 14.5. The van der Waals surface area contributed by atoms with Gasteiger partial charge in [0.1, 0.15) is 11.9 Å². The summed E-state index contributed by atoms with van der Waals surface area (Å²) in [6, 6.07) is 9.26. The third-order valence-electron chi connectivity index (χ3n) is 10.1. The lowest BCUT2D eigenvalue weighted by molar-refractivity contribution is -0.190. The van der Waals surface area contributed by atoms with Crippen LogP contribution in [0, 0.1) is 22.7 Å². The lowest BCUT2D eigenvalue weighted by atomic mass is 9.81. The fourth-order valence-electron chi connectivity index (χ4n) is 7.22. The highest BCUT2D eigenvalue weighted by Gasteiger charge is 2.49. The van der Waals surface area contributed by atoms with Crippen LogP contribution in [0.4, 0.5) is 26.3 Å². The van der Waals surface area contributed by atoms with E-state index in [4.69, 9.17) is 15.7 Å². The van der Waals surface area contributed by atoms with Crippen molar-refractivity contribution in [3.63, 3.8) is 0 Å². The number of carbonyl (C=O) groups excluding carboxylic acids is 2. The summed E-state index contributed by atoms with van der Waals surface area (Å²) in [5.41, 5.74) is 2.03. The van der Waals surface area contributed by atoms with Crippen LogP contribution in [0.2, 0.25) is 0 Å². The van der Waals surface area contributed by atoms with Crippen LogP contribution in [-0.4, -0.2) is 77.3 Å². The molecule has 4 N–H and O–H groups in total. The van der Waals surface area contributed by atoms with Gasteiger partial charge >= 0.3 is 18.3 Å². The van der Waals surface area contributed by atoms with Gasteiger partial charge in [0.2, 0.25) is 5.91 Å². The number of amides is 2. The molecule has 0 radical (unpaired) electrons. The first-order valence-electron chi connectivity index (χ1n) is 18.5. The first-order valence-corrected chi connectivity index (χ1v) is 18.5. The highest BCUT2D eigenvalue weighted by molar-refractivity contribution is 5.95. The number of carbonyl (C=O) groups is 2. The molecule has 2 aromatic carbocycles. The van der Waals surface area contributed by atoms with Crippen LogP contribution in [0.3, 0.4) is 0 Å². The van der Waals surface area contributed by atoms with Gasteiger partial charge in [0, 0.05) is 37.7 Å². The standard InChI is InChI=1S/C39H52F6N6O3/c1-25(46)50-19-17-27(18-20-50)23-48-35(52)33(28-9-6-5-7-10-28)51(36(53)39(43,44)45)24-31(30-11-8-12-32(22-30)38(40,41)42)21-26-13-15-29(16-14-26)34(47)49-54-37(2,3)4/h8,11-16,22,27-28,31,33,46H,5-7,9-10,17-21,23-24H2,1-4H3,(H2,47,49)(H,48,52). The number of hydroxylamine groups is 1. The molecule has 298 valence electrons. The van der Waals surface area contributed by atoms with Crippen molar-refractivity contribution in [3.05, 3.63) is 70.8 Å². The number of halogens is 6. The molecule has 9 nitrogen and oxygen atoms in total. The van der Waals surface area contributed by atoms with E-state index in [1.165, 1.54) is 12.1 Å². The van der Waals surface area contributed by atoms with E-state index in [1.807, 2.05) is 4.90 Å². The molecule has 2 atom stereocenters. The van der Waals surface area contributed by atoms with Gasteiger partial charge in [0.15, 0.2) is 0 Å². The van der Waals surface area contributed by atoms with E-state index in [0.717, 1.165) is 18.6 Å². The van der Waals surface area contributed by atoms with Gasteiger partial charge in [0.05, 0.1) is 17.0 Å². The summed E-state index contributed by atoms with van der Waals surface area (Å²) >= 11 is 0. The summed E-state index contributed by atoms with van der Waals surface area (Å²) in [7, 11) is 0. The summed E-state index contributed by atoms with van der Waals surface area (Å²) in [5, 5.41) is 19.0. The predicted molar refractivity (Wildman–Crippen MR) is 194 cm³/mol. The normalized spacial score (nSPS) is 17.4. The molecule has 54 heavy (non-hydrogen) atoms. The number of alkyl halides is 6. The highest BCUT2D eigenvalue weighted by atomic mass is 19.4. The van der Waals surface area contributed by atoms with E-state index < -0.39 is 59.8 Å². The van der Waals surface area contributed by atoms with Crippen LogP contribution in [0.15, 0.2) is 48.5 Å². The number of piperidine rings is 1. The van der Waals surface area contributed by atoms with Gasteiger partial charge < -0.3 is 15.1 Å². The van der Waals surface area contributed by atoms with Crippen molar-refractivity contribution < 1.29 is 40.8 Å². The van der Waals surface area contributed by atoms with Gasteiger partial charge in [-0.1, -0.05) is 61.7 Å². The first kappa shape index (κ1) is 42.6. The lowest BCUT2D eigenvalue weighted by Crippen LogP contribution is -2.58.